The molecule has 2 nitrogen and oxygen atoms in total. The van der Waals surface area contributed by atoms with Crippen molar-refractivity contribution in [2.45, 2.75) is 6.92 Å². The number of ether oxygens (including phenoxy) is 1. The Kier molecular flexibility index (Phi) is 4.18. The lowest BCUT2D eigenvalue weighted by atomic mass is 10.1. The second-order valence-electron chi connectivity index (χ2n) is 2.51. The van der Waals surface area contributed by atoms with Crippen molar-refractivity contribution in [3.63, 3.8) is 0 Å². The summed E-state index contributed by atoms with van der Waals surface area (Å²) >= 11 is 1.90. The van der Waals surface area contributed by atoms with Crippen molar-refractivity contribution in [1.29, 1.82) is 0 Å². The Balaban J connectivity index is 1.76. The van der Waals surface area contributed by atoms with Gasteiger partial charge in [0.05, 0.1) is 5.94 Å². The van der Waals surface area contributed by atoms with Crippen LogP contribution in [0.3, 0.4) is 0 Å². The standard InChI is InChI=1S/C7H15NOS/c1-2-9-6-10-5-7-3-8-4-7/h7-8H,2-6H2,1H3. The summed E-state index contributed by atoms with van der Waals surface area (Å²) in [5, 5.41) is 3.25. The van der Waals surface area contributed by atoms with Gasteiger partial charge in [0, 0.05) is 12.4 Å². The van der Waals surface area contributed by atoms with E-state index in [0.717, 1.165) is 18.5 Å². The van der Waals surface area contributed by atoms with Crippen molar-refractivity contribution in [2.75, 3.05) is 31.4 Å². The number of rotatable bonds is 5. The molecule has 0 spiro atoms. The molecule has 0 radical (unpaired) electrons. The van der Waals surface area contributed by atoms with Crippen LogP contribution in [0.25, 0.3) is 0 Å². The Morgan fingerprint density at radius 1 is 1.60 bits per heavy atom. The smallest absolute Gasteiger partial charge is 0.0920 e. The zero-order valence-electron chi connectivity index (χ0n) is 6.43. The van der Waals surface area contributed by atoms with Crippen molar-refractivity contribution in [1.82, 2.24) is 5.32 Å². The fourth-order valence-corrected chi connectivity index (χ4v) is 1.77. The van der Waals surface area contributed by atoms with Crippen LogP contribution in [0.5, 0.6) is 0 Å². The molecule has 3 heteroatoms. The van der Waals surface area contributed by atoms with E-state index in [4.69, 9.17) is 4.74 Å². The molecule has 1 rings (SSSR count). The van der Waals surface area contributed by atoms with Gasteiger partial charge in [-0.05, 0) is 25.9 Å². The first kappa shape index (κ1) is 8.37. The Hall–Kier alpha value is 0.270. The lowest BCUT2D eigenvalue weighted by Gasteiger charge is -2.26. The van der Waals surface area contributed by atoms with E-state index >= 15 is 0 Å². The molecule has 0 amide bonds. The van der Waals surface area contributed by atoms with Gasteiger partial charge in [0.2, 0.25) is 0 Å². The summed E-state index contributed by atoms with van der Waals surface area (Å²) in [4.78, 5) is 0. The maximum atomic E-state index is 5.20. The highest BCUT2D eigenvalue weighted by Crippen LogP contribution is 2.11. The van der Waals surface area contributed by atoms with Crippen LogP contribution in [-0.2, 0) is 4.74 Å². The molecular weight excluding hydrogens is 146 g/mol. The van der Waals surface area contributed by atoms with Gasteiger partial charge in [-0.3, -0.25) is 0 Å². The molecule has 1 aliphatic heterocycles. The molecule has 0 aromatic rings. The molecule has 0 bridgehead atoms. The van der Waals surface area contributed by atoms with Crippen LogP contribution in [0.15, 0.2) is 0 Å². The molecule has 1 N–H and O–H groups in total. The molecule has 0 aliphatic carbocycles. The van der Waals surface area contributed by atoms with E-state index in [1.54, 1.807) is 0 Å². The minimum atomic E-state index is 0.843. The molecular formula is C7H15NOS. The summed E-state index contributed by atoms with van der Waals surface area (Å²) in [7, 11) is 0. The SMILES string of the molecule is CCOCSCC1CNC1. The van der Waals surface area contributed by atoms with E-state index < -0.39 is 0 Å². The van der Waals surface area contributed by atoms with Gasteiger partial charge in [-0.15, -0.1) is 11.8 Å². The van der Waals surface area contributed by atoms with E-state index in [2.05, 4.69) is 5.32 Å². The van der Waals surface area contributed by atoms with Gasteiger partial charge < -0.3 is 10.1 Å². The summed E-state index contributed by atoms with van der Waals surface area (Å²) in [6, 6.07) is 0. The quantitative estimate of drug-likeness (QED) is 0.479. The highest BCUT2D eigenvalue weighted by Gasteiger charge is 2.15. The second kappa shape index (κ2) is 4.99. The minimum absolute atomic E-state index is 0.843. The molecule has 0 unspecified atom stereocenters. The first-order chi connectivity index (χ1) is 4.93. The summed E-state index contributed by atoms with van der Waals surface area (Å²) in [5.74, 6) is 3.03. The molecule has 1 fully saturated rings. The Morgan fingerprint density at radius 3 is 2.90 bits per heavy atom. The van der Waals surface area contributed by atoms with E-state index in [0.29, 0.717) is 0 Å². The summed E-state index contributed by atoms with van der Waals surface area (Å²) in [6.45, 7) is 5.29. The molecule has 0 aromatic heterocycles. The van der Waals surface area contributed by atoms with Crippen LogP contribution in [0, 0.1) is 5.92 Å². The van der Waals surface area contributed by atoms with Gasteiger partial charge in [-0.1, -0.05) is 0 Å². The predicted octanol–water partition coefficient (Wildman–Crippen LogP) is 0.933. The summed E-state index contributed by atoms with van der Waals surface area (Å²) in [6.07, 6.45) is 0. The average Bonchev–Trinajstić information content (AvgIpc) is 1.84. The predicted molar refractivity (Wildman–Crippen MR) is 45.3 cm³/mol. The number of hydrogen-bond acceptors (Lipinski definition) is 3. The number of thioether (sulfide) groups is 1. The van der Waals surface area contributed by atoms with Gasteiger partial charge in [0.15, 0.2) is 0 Å². The maximum absolute atomic E-state index is 5.20. The highest BCUT2D eigenvalue weighted by atomic mass is 32.2. The Labute approximate surface area is 66.7 Å². The molecule has 10 heavy (non-hydrogen) atoms. The first-order valence-corrected chi connectivity index (χ1v) is 4.95. The van der Waals surface area contributed by atoms with Crippen molar-refractivity contribution in [3.8, 4) is 0 Å². The van der Waals surface area contributed by atoms with E-state index in [1.165, 1.54) is 18.8 Å². The first-order valence-electron chi connectivity index (χ1n) is 3.79. The van der Waals surface area contributed by atoms with Gasteiger partial charge in [-0.25, -0.2) is 0 Å². The van der Waals surface area contributed by atoms with Crippen LogP contribution in [-0.4, -0.2) is 31.4 Å². The second-order valence-corrected chi connectivity index (χ2v) is 3.48. The molecule has 0 aromatic carbocycles. The van der Waals surface area contributed by atoms with Gasteiger partial charge in [-0.2, -0.15) is 0 Å². The van der Waals surface area contributed by atoms with Crippen LogP contribution in [0.4, 0.5) is 0 Å². The average molecular weight is 161 g/mol. The van der Waals surface area contributed by atoms with E-state index in [9.17, 15) is 0 Å². The van der Waals surface area contributed by atoms with Gasteiger partial charge in [0.1, 0.15) is 0 Å². The van der Waals surface area contributed by atoms with Gasteiger partial charge >= 0.3 is 0 Å². The Bertz CT molecular complexity index is 85.7. The van der Waals surface area contributed by atoms with Crippen LogP contribution < -0.4 is 5.32 Å². The zero-order chi connectivity index (χ0) is 7.23. The summed E-state index contributed by atoms with van der Waals surface area (Å²) < 4.78 is 5.20. The van der Waals surface area contributed by atoms with Gasteiger partial charge in [0.25, 0.3) is 0 Å². The third-order valence-electron chi connectivity index (χ3n) is 1.59. The van der Waals surface area contributed by atoms with Crippen molar-refractivity contribution in [2.24, 2.45) is 5.92 Å². The zero-order valence-corrected chi connectivity index (χ0v) is 7.25. The van der Waals surface area contributed by atoms with Crippen LogP contribution in [0.2, 0.25) is 0 Å². The van der Waals surface area contributed by atoms with Crippen molar-refractivity contribution < 1.29 is 4.74 Å². The molecule has 1 aliphatic rings. The largest absolute Gasteiger partial charge is 0.371 e. The monoisotopic (exact) mass is 161 g/mol. The maximum Gasteiger partial charge on any atom is 0.0920 e. The molecule has 0 saturated carbocycles. The molecule has 1 heterocycles. The molecule has 60 valence electrons. The van der Waals surface area contributed by atoms with Crippen LogP contribution >= 0.6 is 11.8 Å². The third kappa shape index (κ3) is 2.90. The fourth-order valence-electron chi connectivity index (χ4n) is 0.823. The number of nitrogens with one attached hydrogen (secondary N) is 1. The minimum Gasteiger partial charge on any atom is -0.371 e. The lowest BCUT2D eigenvalue weighted by Crippen LogP contribution is -2.43. The molecule has 1 saturated heterocycles. The van der Waals surface area contributed by atoms with Crippen molar-refractivity contribution in [3.05, 3.63) is 0 Å². The summed E-state index contributed by atoms with van der Waals surface area (Å²) in [5.41, 5.74) is 0. The highest BCUT2D eigenvalue weighted by molar-refractivity contribution is 7.99. The number of hydrogen-bond donors (Lipinski definition) is 1. The van der Waals surface area contributed by atoms with E-state index in [1.807, 2.05) is 18.7 Å². The molecule has 0 atom stereocenters. The van der Waals surface area contributed by atoms with E-state index in [-0.39, 0.29) is 0 Å². The lowest BCUT2D eigenvalue weighted by molar-refractivity contribution is 0.198. The third-order valence-corrected chi connectivity index (χ3v) is 2.63. The fraction of sp³-hybridized carbons (Fsp3) is 1.00. The van der Waals surface area contributed by atoms with Crippen molar-refractivity contribution >= 4 is 11.8 Å². The Morgan fingerprint density at radius 2 is 2.40 bits per heavy atom. The topological polar surface area (TPSA) is 21.3 Å². The van der Waals surface area contributed by atoms with Crippen LogP contribution in [0.1, 0.15) is 6.92 Å². The normalized spacial score (nSPS) is 18.9.